The van der Waals surface area contributed by atoms with Crippen molar-refractivity contribution < 1.29 is 9.53 Å². The summed E-state index contributed by atoms with van der Waals surface area (Å²) in [6, 6.07) is 0. The molecule has 0 atom stereocenters. The zero-order valence-electron chi connectivity index (χ0n) is 7.52. The van der Waals surface area contributed by atoms with Crippen molar-refractivity contribution in [3.05, 3.63) is 11.8 Å². The lowest BCUT2D eigenvalue weighted by atomic mass is 10.2. The van der Waals surface area contributed by atoms with E-state index in [0.29, 0.717) is 12.2 Å². The molecular formula is C9H16O2. The molecule has 0 fully saturated rings. The van der Waals surface area contributed by atoms with Crippen LogP contribution >= 0.6 is 0 Å². The van der Waals surface area contributed by atoms with Crippen LogP contribution in [0.4, 0.5) is 0 Å². The minimum absolute atomic E-state index is 0.159. The Kier molecular flexibility index (Phi) is 5.53. The molecule has 2 heteroatoms. The van der Waals surface area contributed by atoms with Gasteiger partial charge in [0, 0.05) is 12.5 Å². The van der Waals surface area contributed by atoms with Crippen molar-refractivity contribution in [2.45, 2.75) is 33.1 Å². The van der Waals surface area contributed by atoms with E-state index in [-0.39, 0.29) is 5.78 Å². The van der Waals surface area contributed by atoms with Gasteiger partial charge in [0.25, 0.3) is 0 Å². The number of ether oxygens (including phenoxy) is 1. The smallest absolute Gasteiger partial charge is 0.159 e. The van der Waals surface area contributed by atoms with Crippen LogP contribution in [-0.2, 0) is 9.53 Å². The molecule has 0 aliphatic heterocycles. The van der Waals surface area contributed by atoms with Gasteiger partial charge in [0.1, 0.15) is 0 Å². The number of hydrogen-bond acceptors (Lipinski definition) is 2. The Morgan fingerprint density at radius 3 is 2.64 bits per heavy atom. The number of methoxy groups -OCH3 is 1. The molecule has 2 nitrogen and oxygen atoms in total. The first kappa shape index (κ1) is 10.2. The van der Waals surface area contributed by atoms with Gasteiger partial charge in [-0.1, -0.05) is 13.3 Å². The quantitative estimate of drug-likeness (QED) is 0.451. The van der Waals surface area contributed by atoms with E-state index in [2.05, 4.69) is 6.92 Å². The molecule has 0 saturated carbocycles. The summed E-state index contributed by atoms with van der Waals surface area (Å²) in [5, 5.41) is 0. The number of hydrogen-bond donors (Lipinski definition) is 0. The Bertz CT molecular complexity index is 148. The molecule has 0 N–H and O–H groups in total. The maximum atomic E-state index is 11.0. The van der Waals surface area contributed by atoms with Crippen molar-refractivity contribution in [3.63, 3.8) is 0 Å². The summed E-state index contributed by atoms with van der Waals surface area (Å²) in [7, 11) is 1.57. The molecule has 0 spiro atoms. The highest BCUT2D eigenvalue weighted by Crippen LogP contribution is 1.99. The molecule has 0 aliphatic carbocycles. The number of carbonyl (C=O) groups is 1. The van der Waals surface area contributed by atoms with Gasteiger partial charge in [-0.3, -0.25) is 4.79 Å². The summed E-state index contributed by atoms with van der Waals surface area (Å²) >= 11 is 0. The maximum absolute atomic E-state index is 11.0. The van der Waals surface area contributed by atoms with Crippen LogP contribution in [0.15, 0.2) is 11.8 Å². The fourth-order valence-electron chi connectivity index (χ4n) is 0.709. The second kappa shape index (κ2) is 5.96. The zero-order valence-corrected chi connectivity index (χ0v) is 7.52. The third kappa shape index (κ3) is 5.64. The van der Waals surface area contributed by atoms with Gasteiger partial charge >= 0.3 is 0 Å². The molecule has 0 rings (SSSR count). The fraction of sp³-hybridized carbons (Fsp3) is 0.667. The van der Waals surface area contributed by atoms with Gasteiger partial charge in [-0.25, -0.2) is 0 Å². The van der Waals surface area contributed by atoms with Gasteiger partial charge in [-0.2, -0.15) is 0 Å². The lowest BCUT2D eigenvalue weighted by molar-refractivity contribution is -0.114. The normalized spacial score (nSPS) is 11.4. The van der Waals surface area contributed by atoms with E-state index >= 15 is 0 Å². The number of rotatable bonds is 5. The topological polar surface area (TPSA) is 26.3 Å². The summed E-state index contributed by atoms with van der Waals surface area (Å²) in [4.78, 5) is 11.0. The largest absolute Gasteiger partial charge is 0.501 e. The van der Waals surface area contributed by atoms with Crippen LogP contribution in [0.5, 0.6) is 0 Å². The summed E-state index contributed by atoms with van der Waals surface area (Å²) in [5.41, 5.74) is 0. The SMILES string of the molecule is CCCCC(=O)/C=C(/C)OC. The Morgan fingerprint density at radius 1 is 1.55 bits per heavy atom. The average Bonchev–Trinajstić information content (AvgIpc) is 2.00. The lowest BCUT2D eigenvalue weighted by Gasteiger charge is -1.97. The van der Waals surface area contributed by atoms with E-state index in [9.17, 15) is 4.79 Å². The third-order valence-corrected chi connectivity index (χ3v) is 1.46. The summed E-state index contributed by atoms with van der Waals surface area (Å²) in [6.07, 6.45) is 4.21. The molecule has 0 amide bonds. The second-order valence-electron chi connectivity index (χ2n) is 2.53. The number of allylic oxidation sites excluding steroid dienone is 2. The molecule has 0 bridgehead atoms. The molecule has 0 saturated heterocycles. The van der Waals surface area contributed by atoms with Crippen molar-refractivity contribution in [1.82, 2.24) is 0 Å². The van der Waals surface area contributed by atoms with Crippen molar-refractivity contribution in [1.29, 1.82) is 0 Å². The van der Waals surface area contributed by atoms with E-state index in [4.69, 9.17) is 4.74 Å². The monoisotopic (exact) mass is 156 g/mol. The molecule has 0 aromatic rings. The summed E-state index contributed by atoms with van der Waals surface area (Å²) in [6.45, 7) is 3.85. The van der Waals surface area contributed by atoms with E-state index in [1.807, 2.05) is 0 Å². The van der Waals surface area contributed by atoms with E-state index in [1.54, 1.807) is 20.1 Å². The second-order valence-corrected chi connectivity index (χ2v) is 2.53. The average molecular weight is 156 g/mol. The van der Waals surface area contributed by atoms with Crippen LogP contribution in [0, 0.1) is 0 Å². The highest BCUT2D eigenvalue weighted by molar-refractivity contribution is 5.89. The number of ketones is 1. The molecule has 11 heavy (non-hydrogen) atoms. The van der Waals surface area contributed by atoms with Gasteiger partial charge in [-0.15, -0.1) is 0 Å². The zero-order chi connectivity index (χ0) is 8.69. The Morgan fingerprint density at radius 2 is 2.18 bits per heavy atom. The van der Waals surface area contributed by atoms with Gasteiger partial charge in [0.2, 0.25) is 0 Å². The van der Waals surface area contributed by atoms with Crippen LogP contribution in [0.25, 0.3) is 0 Å². The summed E-state index contributed by atoms with van der Waals surface area (Å²) in [5.74, 6) is 0.845. The van der Waals surface area contributed by atoms with Crippen LogP contribution in [0.1, 0.15) is 33.1 Å². The van der Waals surface area contributed by atoms with Crippen molar-refractivity contribution >= 4 is 5.78 Å². The third-order valence-electron chi connectivity index (χ3n) is 1.46. The number of carbonyl (C=O) groups excluding carboxylic acids is 1. The van der Waals surface area contributed by atoms with E-state index in [0.717, 1.165) is 12.8 Å². The van der Waals surface area contributed by atoms with E-state index in [1.165, 1.54) is 0 Å². The lowest BCUT2D eigenvalue weighted by Crippen LogP contribution is -1.94. The van der Waals surface area contributed by atoms with Gasteiger partial charge in [0.05, 0.1) is 12.9 Å². The predicted octanol–water partition coefficient (Wildman–Crippen LogP) is 2.30. The van der Waals surface area contributed by atoms with Gasteiger partial charge < -0.3 is 4.74 Å². The minimum atomic E-state index is 0.159. The van der Waals surface area contributed by atoms with Crippen molar-refractivity contribution in [2.75, 3.05) is 7.11 Å². The Hall–Kier alpha value is -0.790. The van der Waals surface area contributed by atoms with Crippen molar-refractivity contribution in [3.8, 4) is 0 Å². The first-order valence-electron chi connectivity index (χ1n) is 3.95. The molecular weight excluding hydrogens is 140 g/mol. The Balaban J connectivity index is 3.67. The van der Waals surface area contributed by atoms with Crippen LogP contribution in [-0.4, -0.2) is 12.9 Å². The van der Waals surface area contributed by atoms with Crippen molar-refractivity contribution in [2.24, 2.45) is 0 Å². The van der Waals surface area contributed by atoms with Crippen LogP contribution in [0.3, 0.4) is 0 Å². The van der Waals surface area contributed by atoms with Crippen LogP contribution < -0.4 is 0 Å². The molecule has 0 heterocycles. The van der Waals surface area contributed by atoms with Gasteiger partial charge in [0.15, 0.2) is 5.78 Å². The highest BCUT2D eigenvalue weighted by Gasteiger charge is 1.96. The molecule has 0 aromatic heterocycles. The first-order valence-corrected chi connectivity index (χ1v) is 3.95. The number of unbranched alkanes of at least 4 members (excludes halogenated alkanes) is 1. The predicted molar refractivity (Wildman–Crippen MR) is 45.3 cm³/mol. The molecule has 64 valence electrons. The fourth-order valence-corrected chi connectivity index (χ4v) is 0.709. The summed E-state index contributed by atoms with van der Waals surface area (Å²) < 4.78 is 4.84. The molecule has 0 aliphatic rings. The molecule has 0 unspecified atom stereocenters. The standard InChI is InChI=1S/C9H16O2/c1-4-5-6-9(10)7-8(2)11-3/h7H,4-6H2,1-3H3/b8-7-. The first-order chi connectivity index (χ1) is 5.20. The maximum Gasteiger partial charge on any atom is 0.159 e. The molecule has 0 radical (unpaired) electrons. The Labute approximate surface area is 68.2 Å². The van der Waals surface area contributed by atoms with E-state index < -0.39 is 0 Å². The minimum Gasteiger partial charge on any atom is -0.501 e. The van der Waals surface area contributed by atoms with Crippen LogP contribution in [0.2, 0.25) is 0 Å². The van der Waals surface area contributed by atoms with Gasteiger partial charge in [-0.05, 0) is 13.3 Å². The molecule has 0 aromatic carbocycles. The highest BCUT2D eigenvalue weighted by atomic mass is 16.5.